The van der Waals surface area contributed by atoms with E-state index in [9.17, 15) is 0 Å². The first-order chi connectivity index (χ1) is 5.97. The first-order valence-electron chi connectivity index (χ1n) is 3.79. The van der Waals surface area contributed by atoms with Crippen LogP contribution < -0.4 is 0 Å². The minimum absolute atomic E-state index is 0.405. The van der Waals surface area contributed by atoms with Crippen molar-refractivity contribution in [2.45, 2.75) is 0 Å². The molecule has 0 aliphatic carbocycles. The molecule has 0 aromatic rings. The van der Waals surface area contributed by atoms with Crippen LogP contribution in [0.15, 0.2) is 44.0 Å². The summed E-state index contributed by atoms with van der Waals surface area (Å²) in [6.07, 6.45) is 13.4. The van der Waals surface area contributed by atoms with Gasteiger partial charge in [-0.1, -0.05) is 0 Å². The summed E-state index contributed by atoms with van der Waals surface area (Å²) in [4.78, 5) is 0. The molecule has 0 amide bonds. The van der Waals surface area contributed by atoms with E-state index < -0.39 is 45.5 Å². The summed E-state index contributed by atoms with van der Waals surface area (Å²) in [7, 11) is 0. The minimum atomic E-state index is -0.405. The van der Waals surface area contributed by atoms with E-state index in [1.54, 1.807) is 6.41 Å². The van der Waals surface area contributed by atoms with Crippen molar-refractivity contribution in [2.24, 2.45) is 0 Å². The molecule has 0 saturated heterocycles. The van der Waals surface area contributed by atoms with Crippen LogP contribution in [-0.2, 0) is 0 Å². The van der Waals surface area contributed by atoms with Gasteiger partial charge in [-0.15, -0.1) is 0 Å². The van der Waals surface area contributed by atoms with E-state index >= 15 is 0 Å². The van der Waals surface area contributed by atoms with Crippen LogP contribution >= 0.6 is 0 Å². The molecule has 0 fully saturated rings. The second-order valence-electron chi connectivity index (χ2n) is 2.43. The van der Waals surface area contributed by atoms with Crippen molar-refractivity contribution < 1.29 is 0 Å². The van der Waals surface area contributed by atoms with Gasteiger partial charge in [0.05, 0.1) is 0 Å². The second kappa shape index (κ2) is 4.63. The van der Waals surface area contributed by atoms with Crippen molar-refractivity contribution >= 4 is 51.9 Å². The first-order valence-corrected chi connectivity index (χ1v) is 11.3. The molecule has 0 unspecified atom stereocenters. The number of rotatable bonds is 1. The SMILES string of the molecule is C1=[CH][Bi]=[C]([C]2=[Bi][CH]=CC=C2)C=C1. The summed E-state index contributed by atoms with van der Waals surface area (Å²) in [5.74, 6) is 0. The van der Waals surface area contributed by atoms with Gasteiger partial charge in [-0.05, 0) is 0 Å². The average Bonchev–Trinajstić information content (AvgIpc) is 2.21. The molecular weight excluding hydrogens is 538 g/mol. The van der Waals surface area contributed by atoms with E-state index in [4.69, 9.17) is 0 Å². The molecule has 0 bridgehead atoms. The van der Waals surface area contributed by atoms with Crippen LogP contribution in [0.3, 0.4) is 0 Å². The van der Waals surface area contributed by atoms with Gasteiger partial charge in [-0.2, -0.15) is 0 Å². The molecule has 0 aromatic heterocycles. The number of hydrogen-bond acceptors (Lipinski definition) is 0. The van der Waals surface area contributed by atoms with Gasteiger partial charge in [0.15, 0.2) is 0 Å². The predicted octanol–water partition coefficient (Wildman–Crippen LogP) is 0.907. The Morgan fingerprint density at radius 1 is 0.667 bits per heavy atom. The molecule has 2 aliphatic heterocycles. The summed E-state index contributed by atoms with van der Waals surface area (Å²) in [6.45, 7) is 0. The van der Waals surface area contributed by atoms with Crippen molar-refractivity contribution in [3.8, 4) is 0 Å². The van der Waals surface area contributed by atoms with E-state index in [2.05, 4.69) is 44.0 Å². The first kappa shape index (κ1) is 9.04. The van der Waals surface area contributed by atoms with E-state index in [1.165, 1.54) is 0 Å². The molecule has 2 aliphatic rings. The van der Waals surface area contributed by atoms with Gasteiger partial charge in [0.1, 0.15) is 0 Å². The zero-order valence-corrected chi connectivity index (χ0v) is 13.5. The average molecular weight is 546 g/mol. The monoisotopic (exact) mass is 546 g/mol. The standard InChI is InChI=1S/C10H8.2Bi/c1-3-5-7-9-10-8-6-4-2;;/h1-8H;;. The molecule has 2 heterocycles. The van der Waals surface area contributed by atoms with Gasteiger partial charge in [0.2, 0.25) is 0 Å². The van der Waals surface area contributed by atoms with Gasteiger partial charge in [0.25, 0.3) is 0 Å². The molecule has 0 saturated carbocycles. The second-order valence-corrected chi connectivity index (χ2v) is 10.5. The summed E-state index contributed by atoms with van der Waals surface area (Å²) in [5, 5.41) is 0. The Labute approximate surface area is 94.8 Å². The fourth-order valence-electron chi connectivity index (χ4n) is 1.03. The van der Waals surface area contributed by atoms with Crippen LogP contribution in [0.1, 0.15) is 0 Å². The molecule has 2 heteroatoms. The molecule has 0 nitrogen and oxygen atoms in total. The van der Waals surface area contributed by atoms with Crippen LogP contribution in [0, 0.1) is 0 Å². The molecule has 0 N–H and O–H groups in total. The molecular formula is C10H8Bi2. The summed E-state index contributed by atoms with van der Waals surface area (Å²) in [5.41, 5.74) is 0. The predicted molar refractivity (Wildman–Crippen MR) is 58.1 cm³/mol. The van der Waals surface area contributed by atoms with Crippen LogP contribution in [0.5, 0.6) is 0 Å². The Balaban J connectivity index is 2.31. The van der Waals surface area contributed by atoms with E-state index in [1.807, 2.05) is 0 Å². The molecule has 0 aromatic carbocycles. The Hall–Kier alpha value is 0.466. The van der Waals surface area contributed by atoms with Crippen LogP contribution in [-0.4, -0.2) is 51.9 Å². The molecule has 0 spiro atoms. The Morgan fingerprint density at radius 3 is 1.50 bits per heavy atom. The molecule has 58 valence electrons. The number of hydrogen-bond donors (Lipinski definition) is 0. The maximum absolute atomic E-state index is 2.41. The Morgan fingerprint density at radius 2 is 1.17 bits per heavy atom. The summed E-state index contributed by atoms with van der Waals surface area (Å²) in [6, 6.07) is 0. The van der Waals surface area contributed by atoms with E-state index in [0.717, 1.165) is 0 Å². The van der Waals surface area contributed by atoms with Crippen molar-refractivity contribution in [3.05, 3.63) is 44.0 Å². The molecule has 0 radical (unpaired) electrons. The van der Waals surface area contributed by atoms with Crippen LogP contribution in [0.4, 0.5) is 0 Å². The third kappa shape index (κ3) is 2.24. The fourth-order valence-corrected chi connectivity index (χ4v) is 10.6. The van der Waals surface area contributed by atoms with E-state index in [-0.39, 0.29) is 0 Å². The van der Waals surface area contributed by atoms with Gasteiger partial charge in [-0.3, -0.25) is 0 Å². The Bertz CT molecular complexity index is 316. The van der Waals surface area contributed by atoms with E-state index in [0.29, 0.717) is 0 Å². The zero-order valence-electron chi connectivity index (χ0n) is 6.51. The summed E-state index contributed by atoms with van der Waals surface area (Å²) < 4.78 is 8.26. The maximum atomic E-state index is 2.41. The number of allylic oxidation sites excluding steroid dienone is 6. The topological polar surface area (TPSA) is 0 Å². The fraction of sp³-hybridized carbons (Fsp3) is 0. The van der Waals surface area contributed by atoms with Crippen LogP contribution in [0.25, 0.3) is 0 Å². The molecule has 2 rings (SSSR count). The van der Waals surface area contributed by atoms with Gasteiger partial charge >= 0.3 is 95.9 Å². The van der Waals surface area contributed by atoms with Crippen molar-refractivity contribution in [1.82, 2.24) is 0 Å². The zero-order chi connectivity index (χ0) is 8.23. The van der Waals surface area contributed by atoms with Crippen molar-refractivity contribution in [2.75, 3.05) is 0 Å². The van der Waals surface area contributed by atoms with Crippen molar-refractivity contribution in [3.63, 3.8) is 0 Å². The summed E-state index contributed by atoms with van der Waals surface area (Å²) >= 11 is -0.810. The van der Waals surface area contributed by atoms with Gasteiger partial charge in [-0.25, -0.2) is 0 Å². The quantitative estimate of drug-likeness (QED) is 0.430. The molecule has 12 heavy (non-hydrogen) atoms. The third-order valence-electron chi connectivity index (χ3n) is 1.59. The van der Waals surface area contributed by atoms with Crippen LogP contribution in [0.2, 0.25) is 0 Å². The van der Waals surface area contributed by atoms with Crippen molar-refractivity contribution in [1.29, 1.82) is 0 Å². The molecule has 0 atom stereocenters. The van der Waals surface area contributed by atoms with Gasteiger partial charge < -0.3 is 0 Å². The Kier molecular flexibility index (Phi) is 3.49. The van der Waals surface area contributed by atoms with Gasteiger partial charge in [0, 0.05) is 0 Å². The normalized spacial score (nSPS) is 19.3. The third-order valence-corrected chi connectivity index (χ3v) is 12.2.